The average molecular weight is 407 g/mol. The zero-order valence-corrected chi connectivity index (χ0v) is 17.3. The van der Waals surface area contributed by atoms with Gasteiger partial charge in [-0.05, 0) is 35.1 Å². The molecule has 0 saturated carbocycles. The lowest BCUT2D eigenvalue weighted by molar-refractivity contribution is -0.147. The molecule has 0 fully saturated rings. The van der Waals surface area contributed by atoms with Crippen LogP contribution in [0.2, 0.25) is 0 Å². The first kappa shape index (κ1) is 21.2. The molecule has 1 N–H and O–H groups in total. The Bertz CT molecular complexity index is 989. The predicted octanol–water partition coefficient (Wildman–Crippen LogP) is 4.15. The van der Waals surface area contributed by atoms with E-state index in [9.17, 15) is 9.59 Å². The maximum atomic E-state index is 12.0. The van der Waals surface area contributed by atoms with Crippen molar-refractivity contribution < 1.29 is 18.7 Å². The molecule has 1 heterocycles. The summed E-state index contributed by atoms with van der Waals surface area (Å²) in [6, 6.07) is 17.3. The fourth-order valence-corrected chi connectivity index (χ4v) is 2.76. The first-order valence-electron chi connectivity index (χ1n) is 9.75. The monoisotopic (exact) mass is 407 g/mol. The van der Waals surface area contributed by atoms with Gasteiger partial charge in [0.25, 0.3) is 5.91 Å². The molecular formula is C23H25N3O4. The number of amides is 1. The molecule has 156 valence electrons. The first-order chi connectivity index (χ1) is 14.3. The van der Waals surface area contributed by atoms with Crippen LogP contribution in [0.3, 0.4) is 0 Å². The molecular weight excluding hydrogens is 382 g/mol. The Balaban J connectivity index is 1.41. The van der Waals surface area contributed by atoms with Crippen molar-refractivity contribution in [3.05, 3.63) is 65.7 Å². The van der Waals surface area contributed by atoms with Crippen molar-refractivity contribution in [2.75, 3.05) is 11.9 Å². The zero-order valence-electron chi connectivity index (χ0n) is 17.3. The van der Waals surface area contributed by atoms with E-state index in [1.807, 2.05) is 42.5 Å². The van der Waals surface area contributed by atoms with Crippen LogP contribution in [0.15, 0.2) is 59.0 Å². The molecule has 3 aromatic rings. The van der Waals surface area contributed by atoms with Crippen molar-refractivity contribution in [1.82, 2.24) is 10.2 Å². The second-order valence-electron chi connectivity index (χ2n) is 7.93. The molecule has 7 nitrogen and oxygen atoms in total. The van der Waals surface area contributed by atoms with Gasteiger partial charge >= 0.3 is 12.0 Å². The zero-order chi connectivity index (χ0) is 21.6. The second-order valence-corrected chi connectivity index (χ2v) is 7.93. The van der Waals surface area contributed by atoms with Crippen molar-refractivity contribution in [2.24, 2.45) is 0 Å². The Labute approximate surface area is 175 Å². The van der Waals surface area contributed by atoms with E-state index in [1.165, 1.54) is 5.56 Å². The number of aromatic nitrogens is 2. The van der Waals surface area contributed by atoms with E-state index in [2.05, 4.69) is 48.4 Å². The molecule has 0 unspecified atom stereocenters. The molecule has 3 rings (SSSR count). The molecule has 0 atom stereocenters. The van der Waals surface area contributed by atoms with E-state index in [1.54, 1.807) is 0 Å². The summed E-state index contributed by atoms with van der Waals surface area (Å²) >= 11 is 0. The fraction of sp³-hybridized carbons (Fsp3) is 0.304. The van der Waals surface area contributed by atoms with Crippen molar-refractivity contribution in [3.8, 4) is 11.5 Å². The van der Waals surface area contributed by atoms with Crippen LogP contribution in [-0.4, -0.2) is 28.7 Å². The molecule has 2 aromatic carbocycles. The minimum atomic E-state index is -0.541. The molecule has 0 spiro atoms. The van der Waals surface area contributed by atoms with E-state index in [4.69, 9.17) is 9.15 Å². The molecule has 0 bridgehead atoms. The van der Waals surface area contributed by atoms with Gasteiger partial charge in [0.1, 0.15) is 0 Å². The molecule has 0 aliphatic rings. The Morgan fingerprint density at radius 3 is 2.37 bits per heavy atom. The quantitative estimate of drug-likeness (QED) is 0.591. The van der Waals surface area contributed by atoms with Gasteiger partial charge in [0.15, 0.2) is 6.61 Å². The number of carbonyl (C=O) groups excluding carboxylic acids is 2. The Morgan fingerprint density at radius 1 is 1.00 bits per heavy atom. The van der Waals surface area contributed by atoms with E-state index >= 15 is 0 Å². The average Bonchev–Trinajstić information content (AvgIpc) is 3.19. The van der Waals surface area contributed by atoms with Crippen molar-refractivity contribution in [1.29, 1.82) is 0 Å². The maximum absolute atomic E-state index is 12.0. The largest absolute Gasteiger partial charge is 0.456 e. The number of hydrogen-bond donors (Lipinski definition) is 1. The standard InChI is InChI=1S/C23H25N3O4/c1-23(2,3)18-12-9-16(10-13-18)11-14-20(28)29-15-19(27)24-22-26-25-21(30-22)17-7-5-4-6-8-17/h4-10,12-13H,11,14-15H2,1-3H3,(H,24,26,27). The summed E-state index contributed by atoms with van der Waals surface area (Å²) < 4.78 is 10.4. The predicted molar refractivity (Wildman–Crippen MR) is 113 cm³/mol. The van der Waals surface area contributed by atoms with Gasteiger partial charge in [0.2, 0.25) is 5.89 Å². The third-order valence-electron chi connectivity index (χ3n) is 4.49. The van der Waals surface area contributed by atoms with Crippen LogP contribution in [0.5, 0.6) is 0 Å². The lowest BCUT2D eigenvalue weighted by atomic mass is 9.86. The van der Waals surface area contributed by atoms with Crippen LogP contribution in [0.25, 0.3) is 11.5 Å². The molecule has 1 amide bonds. The summed E-state index contributed by atoms with van der Waals surface area (Å²) in [6.45, 7) is 6.05. The minimum absolute atomic E-state index is 0.0474. The van der Waals surface area contributed by atoms with Crippen LogP contribution in [0.4, 0.5) is 6.01 Å². The summed E-state index contributed by atoms with van der Waals surface area (Å²) in [6.07, 6.45) is 0.746. The molecule has 30 heavy (non-hydrogen) atoms. The molecule has 0 aliphatic carbocycles. The number of aryl methyl sites for hydroxylation is 1. The third-order valence-corrected chi connectivity index (χ3v) is 4.49. The maximum Gasteiger partial charge on any atom is 0.322 e. The van der Waals surface area contributed by atoms with Gasteiger partial charge in [0.05, 0.1) is 0 Å². The SMILES string of the molecule is CC(C)(C)c1ccc(CCC(=O)OCC(=O)Nc2nnc(-c3ccccc3)o2)cc1. The van der Waals surface area contributed by atoms with Crippen LogP contribution in [-0.2, 0) is 26.2 Å². The van der Waals surface area contributed by atoms with E-state index in [0.717, 1.165) is 11.1 Å². The first-order valence-corrected chi connectivity index (χ1v) is 9.75. The second kappa shape index (κ2) is 9.35. The van der Waals surface area contributed by atoms with Crippen LogP contribution >= 0.6 is 0 Å². The topological polar surface area (TPSA) is 94.3 Å². The van der Waals surface area contributed by atoms with Crippen molar-refractivity contribution >= 4 is 17.9 Å². The number of nitrogens with zero attached hydrogens (tertiary/aromatic N) is 2. The minimum Gasteiger partial charge on any atom is -0.456 e. The highest BCUT2D eigenvalue weighted by molar-refractivity contribution is 5.91. The third kappa shape index (κ3) is 6.01. The van der Waals surface area contributed by atoms with Crippen molar-refractivity contribution in [2.45, 2.75) is 39.0 Å². The normalized spacial score (nSPS) is 11.2. The molecule has 7 heteroatoms. The smallest absolute Gasteiger partial charge is 0.322 e. The number of nitrogens with one attached hydrogen (secondary N) is 1. The van der Waals surface area contributed by atoms with Crippen LogP contribution in [0, 0.1) is 0 Å². The van der Waals surface area contributed by atoms with Gasteiger partial charge in [0, 0.05) is 12.0 Å². The number of anilines is 1. The van der Waals surface area contributed by atoms with Crippen molar-refractivity contribution in [3.63, 3.8) is 0 Å². The van der Waals surface area contributed by atoms with E-state index in [-0.39, 0.29) is 17.9 Å². The highest BCUT2D eigenvalue weighted by Crippen LogP contribution is 2.22. The van der Waals surface area contributed by atoms with Crippen LogP contribution in [0.1, 0.15) is 38.3 Å². The van der Waals surface area contributed by atoms with Gasteiger partial charge in [-0.15, -0.1) is 5.10 Å². The molecule has 0 aliphatic heterocycles. The lowest BCUT2D eigenvalue weighted by Gasteiger charge is -2.19. The van der Waals surface area contributed by atoms with Crippen LogP contribution < -0.4 is 5.32 Å². The van der Waals surface area contributed by atoms with Gasteiger partial charge < -0.3 is 9.15 Å². The summed E-state index contributed by atoms with van der Waals surface area (Å²) in [5.41, 5.74) is 3.11. The number of ether oxygens (including phenoxy) is 1. The van der Waals surface area contributed by atoms with E-state index in [0.29, 0.717) is 12.3 Å². The number of benzene rings is 2. The Kier molecular flexibility index (Phi) is 6.61. The summed E-state index contributed by atoms with van der Waals surface area (Å²) in [5.74, 6) is -0.693. The highest BCUT2D eigenvalue weighted by atomic mass is 16.5. The van der Waals surface area contributed by atoms with Gasteiger partial charge in [-0.2, -0.15) is 0 Å². The fourth-order valence-electron chi connectivity index (χ4n) is 2.76. The molecule has 1 aromatic heterocycles. The Morgan fingerprint density at radius 2 is 1.70 bits per heavy atom. The molecule has 0 radical (unpaired) electrons. The lowest BCUT2D eigenvalue weighted by Crippen LogP contribution is -2.21. The number of esters is 1. The molecule has 0 saturated heterocycles. The summed E-state index contributed by atoms with van der Waals surface area (Å²) in [7, 11) is 0. The van der Waals surface area contributed by atoms with E-state index < -0.39 is 18.5 Å². The van der Waals surface area contributed by atoms with Gasteiger partial charge in [-0.25, -0.2) is 0 Å². The summed E-state index contributed by atoms with van der Waals surface area (Å²) in [4.78, 5) is 23.9. The highest BCUT2D eigenvalue weighted by Gasteiger charge is 2.14. The number of carbonyl (C=O) groups is 2. The number of rotatable bonds is 7. The van der Waals surface area contributed by atoms with Gasteiger partial charge in [-0.1, -0.05) is 68.3 Å². The summed E-state index contributed by atoms with van der Waals surface area (Å²) in [5, 5.41) is 10.1. The Hall–Kier alpha value is -3.48. The van der Waals surface area contributed by atoms with Gasteiger partial charge in [-0.3, -0.25) is 14.9 Å². The number of hydrogen-bond acceptors (Lipinski definition) is 6.